The molecule has 17 heavy (non-hydrogen) atoms. The molecule has 2 rings (SSSR count). The summed E-state index contributed by atoms with van der Waals surface area (Å²) in [5.41, 5.74) is 9.10. The van der Waals surface area contributed by atoms with Crippen molar-refractivity contribution in [1.82, 2.24) is 0 Å². The molecule has 0 spiro atoms. The maximum atomic E-state index is 6.20. The Bertz CT molecular complexity index is 537. The maximum absolute atomic E-state index is 6.20. The Balaban J connectivity index is 2.44. The molecule has 1 atom stereocenters. The van der Waals surface area contributed by atoms with Crippen LogP contribution in [0.15, 0.2) is 42.5 Å². The van der Waals surface area contributed by atoms with E-state index in [1.54, 1.807) is 0 Å². The minimum absolute atomic E-state index is 0.295. The Kier molecular flexibility index (Phi) is 3.72. The molecule has 2 aromatic carbocycles. The molecule has 0 aliphatic heterocycles. The lowest BCUT2D eigenvalue weighted by atomic mass is 9.98. The van der Waals surface area contributed by atoms with Gasteiger partial charge in [-0.3, -0.25) is 0 Å². The standard InChI is InChI=1S/C14H13Cl2N/c1-9-6-7-11(13(16)8-9)14(17)10-4-2-3-5-12(10)15/h2-8,14H,17H2,1H3. The van der Waals surface area contributed by atoms with Crippen LogP contribution in [0, 0.1) is 6.92 Å². The van der Waals surface area contributed by atoms with Gasteiger partial charge in [-0.05, 0) is 35.7 Å². The minimum atomic E-state index is -0.295. The van der Waals surface area contributed by atoms with Crippen LogP contribution in [0.2, 0.25) is 10.0 Å². The second-order valence-corrected chi connectivity index (χ2v) is 4.84. The van der Waals surface area contributed by atoms with Gasteiger partial charge in [0.2, 0.25) is 0 Å². The van der Waals surface area contributed by atoms with Gasteiger partial charge in [-0.25, -0.2) is 0 Å². The first kappa shape index (κ1) is 12.4. The lowest BCUT2D eigenvalue weighted by Gasteiger charge is -2.16. The van der Waals surface area contributed by atoms with Crippen LogP contribution >= 0.6 is 23.2 Å². The van der Waals surface area contributed by atoms with Crippen molar-refractivity contribution in [2.75, 3.05) is 0 Å². The molecule has 1 unspecified atom stereocenters. The van der Waals surface area contributed by atoms with Gasteiger partial charge < -0.3 is 5.73 Å². The van der Waals surface area contributed by atoms with Gasteiger partial charge in [-0.2, -0.15) is 0 Å². The Hall–Kier alpha value is -1.02. The molecule has 0 saturated heterocycles. The van der Waals surface area contributed by atoms with Gasteiger partial charge in [0, 0.05) is 10.0 Å². The van der Waals surface area contributed by atoms with Crippen molar-refractivity contribution in [2.24, 2.45) is 5.73 Å². The van der Waals surface area contributed by atoms with Crippen molar-refractivity contribution in [3.63, 3.8) is 0 Å². The van der Waals surface area contributed by atoms with Crippen LogP contribution in [0.3, 0.4) is 0 Å². The average molecular weight is 266 g/mol. The molecule has 2 N–H and O–H groups in total. The molecular formula is C14H13Cl2N. The second-order valence-electron chi connectivity index (χ2n) is 4.02. The van der Waals surface area contributed by atoms with E-state index in [2.05, 4.69) is 0 Å². The van der Waals surface area contributed by atoms with E-state index in [4.69, 9.17) is 28.9 Å². The molecule has 88 valence electrons. The fourth-order valence-electron chi connectivity index (χ4n) is 1.78. The smallest absolute Gasteiger partial charge is 0.0581 e. The summed E-state index contributed by atoms with van der Waals surface area (Å²) in [4.78, 5) is 0. The zero-order chi connectivity index (χ0) is 12.4. The van der Waals surface area contributed by atoms with Crippen LogP contribution in [0.1, 0.15) is 22.7 Å². The summed E-state index contributed by atoms with van der Waals surface area (Å²) in [5.74, 6) is 0. The third-order valence-corrected chi connectivity index (χ3v) is 3.40. The SMILES string of the molecule is Cc1ccc(C(N)c2ccccc2Cl)c(Cl)c1. The van der Waals surface area contributed by atoms with Crippen molar-refractivity contribution in [3.8, 4) is 0 Å². The largest absolute Gasteiger partial charge is 0.320 e. The summed E-state index contributed by atoms with van der Waals surface area (Å²) < 4.78 is 0. The highest BCUT2D eigenvalue weighted by molar-refractivity contribution is 6.32. The Morgan fingerprint density at radius 3 is 2.24 bits per heavy atom. The fourth-order valence-corrected chi connectivity index (χ4v) is 2.39. The third-order valence-electron chi connectivity index (χ3n) is 2.73. The van der Waals surface area contributed by atoms with Gasteiger partial charge in [0.15, 0.2) is 0 Å². The topological polar surface area (TPSA) is 26.0 Å². The normalized spacial score (nSPS) is 12.5. The van der Waals surface area contributed by atoms with E-state index in [-0.39, 0.29) is 6.04 Å². The van der Waals surface area contributed by atoms with E-state index in [0.717, 1.165) is 16.7 Å². The molecule has 0 aliphatic carbocycles. The van der Waals surface area contributed by atoms with Crippen molar-refractivity contribution in [2.45, 2.75) is 13.0 Å². The van der Waals surface area contributed by atoms with Crippen molar-refractivity contribution in [3.05, 3.63) is 69.2 Å². The Labute approximate surface area is 111 Å². The van der Waals surface area contributed by atoms with Crippen molar-refractivity contribution >= 4 is 23.2 Å². The monoisotopic (exact) mass is 265 g/mol. The lowest BCUT2D eigenvalue weighted by Crippen LogP contribution is -2.12. The highest BCUT2D eigenvalue weighted by atomic mass is 35.5. The van der Waals surface area contributed by atoms with Crippen LogP contribution < -0.4 is 5.73 Å². The summed E-state index contributed by atoms with van der Waals surface area (Å²) >= 11 is 12.3. The summed E-state index contributed by atoms with van der Waals surface area (Å²) in [7, 11) is 0. The van der Waals surface area contributed by atoms with Gasteiger partial charge in [0.1, 0.15) is 0 Å². The highest BCUT2D eigenvalue weighted by Crippen LogP contribution is 2.30. The zero-order valence-electron chi connectivity index (χ0n) is 9.45. The van der Waals surface area contributed by atoms with E-state index in [1.165, 1.54) is 0 Å². The summed E-state index contributed by atoms with van der Waals surface area (Å²) in [5, 5.41) is 1.34. The molecule has 0 radical (unpaired) electrons. The summed E-state index contributed by atoms with van der Waals surface area (Å²) in [6.45, 7) is 2.00. The number of aryl methyl sites for hydroxylation is 1. The molecule has 0 bridgehead atoms. The van der Waals surface area contributed by atoms with Gasteiger partial charge in [-0.1, -0.05) is 53.5 Å². The number of nitrogens with two attached hydrogens (primary N) is 1. The molecule has 0 aromatic heterocycles. The van der Waals surface area contributed by atoms with Crippen LogP contribution in [-0.2, 0) is 0 Å². The van der Waals surface area contributed by atoms with E-state index < -0.39 is 0 Å². The lowest BCUT2D eigenvalue weighted by molar-refractivity contribution is 0.871. The molecule has 0 amide bonds. The molecular weight excluding hydrogens is 253 g/mol. The first-order valence-electron chi connectivity index (χ1n) is 5.35. The van der Waals surface area contributed by atoms with E-state index in [0.29, 0.717) is 10.0 Å². The maximum Gasteiger partial charge on any atom is 0.0581 e. The molecule has 0 saturated carbocycles. The quantitative estimate of drug-likeness (QED) is 0.859. The van der Waals surface area contributed by atoms with Gasteiger partial charge in [-0.15, -0.1) is 0 Å². The van der Waals surface area contributed by atoms with E-state index in [1.807, 2.05) is 49.4 Å². The fraction of sp³-hybridized carbons (Fsp3) is 0.143. The Morgan fingerprint density at radius 1 is 0.941 bits per heavy atom. The molecule has 0 aliphatic rings. The van der Waals surface area contributed by atoms with Gasteiger partial charge >= 0.3 is 0 Å². The number of rotatable bonds is 2. The number of halogens is 2. The predicted molar refractivity (Wildman–Crippen MR) is 73.7 cm³/mol. The van der Waals surface area contributed by atoms with Crippen molar-refractivity contribution in [1.29, 1.82) is 0 Å². The third kappa shape index (κ3) is 2.63. The zero-order valence-corrected chi connectivity index (χ0v) is 11.0. The number of benzene rings is 2. The molecule has 3 heteroatoms. The van der Waals surface area contributed by atoms with Gasteiger partial charge in [0.25, 0.3) is 0 Å². The van der Waals surface area contributed by atoms with Gasteiger partial charge in [0.05, 0.1) is 6.04 Å². The molecule has 0 heterocycles. The summed E-state index contributed by atoms with van der Waals surface area (Å²) in [6.07, 6.45) is 0. The van der Waals surface area contributed by atoms with Crippen LogP contribution in [0.25, 0.3) is 0 Å². The first-order valence-corrected chi connectivity index (χ1v) is 6.11. The predicted octanol–water partition coefficient (Wildman–Crippen LogP) is 4.35. The van der Waals surface area contributed by atoms with Crippen molar-refractivity contribution < 1.29 is 0 Å². The highest BCUT2D eigenvalue weighted by Gasteiger charge is 2.14. The van der Waals surface area contributed by atoms with Crippen LogP contribution in [-0.4, -0.2) is 0 Å². The van der Waals surface area contributed by atoms with Crippen LogP contribution in [0.4, 0.5) is 0 Å². The average Bonchev–Trinajstić information content (AvgIpc) is 2.29. The van der Waals surface area contributed by atoms with Crippen LogP contribution in [0.5, 0.6) is 0 Å². The summed E-state index contributed by atoms with van der Waals surface area (Å²) in [6, 6.07) is 13.1. The van der Waals surface area contributed by atoms with E-state index in [9.17, 15) is 0 Å². The Morgan fingerprint density at radius 2 is 1.59 bits per heavy atom. The minimum Gasteiger partial charge on any atom is -0.320 e. The molecule has 0 fully saturated rings. The number of hydrogen-bond donors (Lipinski definition) is 1. The second kappa shape index (κ2) is 5.09. The number of hydrogen-bond acceptors (Lipinski definition) is 1. The molecule has 1 nitrogen and oxygen atoms in total. The van der Waals surface area contributed by atoms with E-state index >= 15 is 0 Å². The molecule has 2 aromatic rings. The first-order chi connectivity index (χ1) is 8.09.